The minimum Gasteiger partial charge on any atom is -0.463 e. The van der Waals surface area contributed by atoms with E-state index in [-0.39, 0.29) is 12.1 Å². The fraction of sp³-hybridized carbons (Fsp3) is 0.400. The van der Waals surface area contributed by atoms with Crippen LogP contribution in [-0.2, 0) is 9.53 Å². The first-order valence-electron chi connectivity index (χ1n) is 6.64. The average Bonchev–Trinajstić information content (AvgIpc) is 2.42. The Balaban J connectivity index is 1.81. The molecule has 0 bridgehead atoms. The Morgan fingerprint density at radius 2 is 1.95 bits per heavy atom. The van der Waals surface area contributed by atoms with E-state index in [0.29, 0.717) is 15.8 Å². The van der Waals surface area contributed by atoms with Crippen molar-refractivity contribution in [3.63, 3.8) is 0 Å². The predicted molar refractivity (Wildman–Crippen MR) is 79.2 cm³/mol. The molecule has 0 spiro atoms. The van der Waals surface area contributed by atoms with Crippen LogP contribution in [-0.4, -0.2) is 12.1 Å². The van der Waals surface area contributed by atoms with Gasteiger partial charge in [0.05, 0.1) is 17.4 Å². The number of halogens is 2. The van der Waals surface area contributed by atoms with Crippen LogP contribution in [0.2, 0.25) is 10.0 Å². The second-order valence-corrected chi connectivity index (χ2v) is 5.54. The number of esters is 1. The second-order valence-electron chi connectivity index (χ2n) is 4.69. The quantitative estimate of drug-likeness (QED) is 0.456. The van der Waals surface area contributed by atoms with Crippen molar-refractivity contribution in [1.29, 1.82) is 0 Å². The van der Waals surface area contributed by atoms with E-state index in [4.69, 9.17) is 32.7 Å². The van der Waals surface area contributed by atoms with Gasteiger partial charge in [0.2, 0.25) is 0 Å². The summed E-state index contributed by atoms with van der Waals surface area (Å²) in [7, 11) is 0. The standard InChI is InChI=1S/C15H16Cl2O3/c16-11-6-7-14(13(17)10-11)19-9-8-15(18)20-12-4-2-1-3-5-12/h6-10,12H,1-5H2. The third kappa shape index (κ3) is 4.73. The first kappa shape index (κ1) is 15.2. The molecule has 1 aliphatic rings. The van der Waals surface area contributed by atoms with Crippen molar-refractivity contribution in [2.75, 3.05) is 0 Å². The number of hydrogen-bond acceptors (Lipinski definition) is 3. The van der Waals surface area contributed by atoms with Gasteiger partial charge in [0, 0.05) is 5.02 Å². The summed E-state index contributed by atoms with van der Waals surface area (Å²) >= 11 is 11.7. The van der Waals surface area contributed by atoms with Gasteiger partial charge in [-0.2, -0.15) is 0 Å². The summed E-state index contributed by atoms with van der Waals surface area (Å²) in [5, 5.41) is 0.922. The lowest BCUT2D eigenvalue weighted by atomic mass is 9.98. The molecular formula is C15H16Cl2O3. The smallest absolute Gasteiger partial charge is 0.334 e. The number of carbonyl (C=O) groups is 1. The summed E-state index contributed by atoms with van der Waals surface area (Å²) in [6, 6.07) is 4.88. The maximum Gasteiger partial charge on any atom is 0.334 e. The molecule has 1 saturated carbocycles. The third-order valence-electron chi connectivity index (χ3n) is 3.13. The van der Waals surface area contributed by atoms with Crippen LogP contribution in [0.15, 0.2) is 30.5 Å². The summed E-state index contributed by atoms with van der Waals surface area (Å²) < 4.78 is 10.6. The average molecular weight is 315 g/mol. The van der Waals surface area contributed by atoms with Crippen LogP contribution in [0.3, 0.4) is 0 Å². The minimum atomic E-state index is -0.387. The van der Waals surface area contributed by atoms with E-state index < -0.39 is 0 Å². The Kier molecular flexibility index (Phi) is 5.74. The molecule has 1 fully saturated rings. The highest BCUT2D eigenvalue weighted by atomic mass is 35.5. The Bertz CT molecular complexity index is 494. The summed E-state index contributed by atoms with van der Waals surface area (Å²) in [5.41, 5.74) is 0. The molecule has 3 nitrogen and oxygen atoms in total. The maximum atomic E-state index is 11.6. The molecule has 1 aromatic rings. The minimum absolute atomic E-state index is 0.0417. The van der Waals surface area contributed by atoms with E-state index in [1.807, 2.05) is 0 Å². The number of hydrogen-bond donors (Lipinski definition) is 0. The van der Waals surface area contributed by atoms with Gasteiger partial charge in [-0.1, -0.05) is 29.6 Å². The van der Waals surface area contributed by atoms with Crippen LogP contribution in [0.5, 0.6) is 5.75 Å². The van der Waals surface area contributed by atoms with E-state index in [1.165, 1.54) is 18.8 Å². The van der Waals surface area contributed by atoms with Crippen molar-refractivity contribution in [3.8, 4) is 5.75 Å². The molecule has 2 rings (SSSR count). The number of carbonyl (C=O) groups excluding carboxylic acids is 1. The van der Waals surface area contributed by atoms with Crippen LogP contribution in [0.25, 0.3) is 0 Å². The Hall–Kier alpha value is -1.19. The molecule has 0 amide bonds. The van der Waals surface area contributed by atoms with Crippen molar-refractivity contribution in [3.05, 3.63) is 40.6 Å². The first-order valence-corrected chi connectivity index (χ1v) is 7.39. The SMILES string of the molecule is O=C(C=COc1ccc(Cl)cc1Cl)OC1CCCCC1. The van der Waals surface area contributed by atoms with Crippen LogP contribution in [0.4, 0.5) is 0 Å². The van der Waals surface area contributed by atoms with Gasteiger partial charge >= 0.3 is 5.97 Å². The van der Waals surface area contributed by atoms with Crippen LogP contribution in [0.1, 0.15) is 32.1 Å². The number of rotatable bonds is 4. The topological polar surface area (TPSA) is 35.5 Å². The molecule has 108 valence electrons. The number of ether oxygens (including phenoxy) is 2. The molecule has 0 unspecified atom stereocenters. The summed E-state index contributed by atoms with van der Waals surface area (Å²) in [6.45, 7) is 0. The van der Waals surface area contributed by atoms with E-state index in [1.54, 1.807) is 18.2 Å². The summed E-state index contributed by atoms with van der Waals surface area (Å²) in [6.07, 6.45) is 7.95. The fourth-order valence-electron chi connectivity index (χ4n) is 2.12. The van der Waals surface area contributed by atoms with E-state index in [0.717, 1.165) is 25.7 Å². The maximum absolute atomic E-state index is 11.6. The third-order valence-corrected chi connectivity index (χ3v) is 3.66. The molecule has 0 aliphatic heterocycles. The van der Waals surface area contributed by atoms with Gasteiger partial charge < -0.3 is 9.47 Å². The summed E-state index contributed by atoms with van der Waals surface area (Å²) in [4.78, 5) is 11.6. The highest BCUT2D eigenvalue weighted by Crippen LogP contribution is 2.27. The molecule has 20 heavy (non-hydrogen) atoms. The zero-order chi connectivity index (χ0) is 14.4. The second kappa shape index (κ2) is 7.55. The van der Waals surface area contributed by atoms with Crippen LogP contribution >= 0.6 is 23.2 Å². The molecule has 0 heterocycles. The van der Waals surface area contributed by atoms with Crippen molar-refractivity contribution < 1.29 is 14.3 Å². The fourth-order valence-corrected chi connectivity index (χ4v) is 2.57. The van der Waals surface area contributed by atoms with Gasteiger partial charge in [0.25, 0.3) is 0 Å². The highest BCUT2D eigenvalue weighted by Gasteiger charge is 2.16. The van der Waals surface area contributed by atoms with Gasteiger partial charge in [-0.25, -0.2) is 4.79 Å². The van der Waals surface area contributed by atoms with Gasteiger partial charge in [-0.3, -0.25) is 0 Å². The highest BCUT2D eigenvalue weighted by molar-refractivity contribution is 6.35. The Labute approximate surface area is 128 Å². The molecule has 0 N–H and O–H groups in total. The van der Waals surface area contributed by atoms with Crippen molar-refractivity contribution in [2.24, 2.45) is 0 Å². The monoisotopic (exact) mass is 314 g/mol. The van der Waals surface area contributed by atoms with Gasteiger partial charge in [0.1, 0.15) is 11.9 Å². The van der Waals surface area contributed by atoms with E-state index in [2.05, 4.69) is 0 Å². The molecule has 0 radical (unpaired) electrons. The normalized spacial score (nSPS) is 16.3. The molecule has 0 aromatic heterocycles. The zero-order valence-corrected chi connectivity index (χ0v) is 12.5. The van der Waals surface area contributed by atoms with Crippen molar-refractivity contribution >= 4 is 29.2 Å². The van der Waals surface area contributed by atoms with Gasteiger partial charge in [0.15, 0.2) is 0 Å². The Morgan fingerprint density at radius 3 is 2.65 bits per heavy atom. The lowest BCUT2D eigenvalue weighted by Crippen LogP contribution is -2.19. The zero-order valence-electron chi connectivity index (χ0n) is 11.0. The molecular weight excluding hydrogens is 299 g/mol. The van der Waals surface area contributed by atoms with Crippen molar-refractivity contribution in [1.82, 2.24) is 0 Å². The number of benzene rings is 1. The Morgan fingerprint density at radius 1 is 1.20 bits per heavy atom. The first-order chi connectivity index (χ1) is 9.65. The van der Waals surface area contributed by atoms with E-state index >= 15 is 0 Å². The van der Waals surface area contributed by atoms with Gasteiger partial charge in [-0.05, 0) is 43.9 Å². The van der Waals surface area contributed by atoms with Crippen LogP contribution in [0, 0.1) is 0 Å². The molecule has 0 saturated heterocycles. The predicted octanol–water partition coefficient (Wildman–Crippen LogP) is 4.76. The van der Waals surface area contributed by atoms with E-state index in [9.17, 15) is 4.79 Å². The largest absolute Gasteiger partial charge is 0.463 e. The summed E-state index contributed by atoms with van der Waals surface area (Å²) in [5.74, 6) is 0.0553. The molecule has 5 heteroatoms. The molecule has 1 aromatic carbocycles. The van der Waals surface area contributed by atoms with Gasteiger partial charge in [-0.15, -0.1) is 0 Å². The molecule has 0 atom stereocenters. The van der Waals surface area contributed by atoms with Crippen molar-refractivity contribution in [2.45, 2.75) is 38.2 Å². The lowest BCUT2D eigenvalue weighted by molar-refractivity contribution is -0.144. The molecule has 1 aliphatic carbocycles. The van der Waals surface area contributed by atoms with Crippen LogP contribution < -0.4 is 4.74 Å². The lowest BCUT2D eigenvalue weighted by Gasteiger charge is -2.20.